The summed E-state index contributed by atoms with van der Waals surface area (Å²) in [5.41, 5.74) is 14.8. The molecule has 2 aromatic heterocycles. The van der Waals surface area contributed by atoms with Gasteiger partial charge in [-0.2, -0.15) is 10.5 Å². The number of thiazole rings is 1. The SMILES string of the molecule is CC(C)[C@H](NC(=O)[C@H](C)N)C(=O)OCCOc1ccc(-c2c(C#N)c(N)nc(SCc3csc(-c4ccc(Cl)cc4)n3)c2C#N)cc1. The Labute approximate surface area is 285 Å². The zero-order valence-electron chi connectivity index (χ0n) is 25.8. The molecule has 0 saturated carbocycles. The van der Waals surface area contributed by atoms with Crippen LogP contribution in [-0.4, -0.2) is 47.1 Å². The molecule has 14 heteroatoms. The number of halogens is 1. The Hall–Kier alpha value is -4.66. The number of carbonyl (C=O) groups excluding carboxylic acids is 2. The summed E-state index contributed by atoms with van der Waals surface area (Å²) in [6, 6.07) is 16.9. The van der Waals surface area contributed by atoms with Crippen LogP contribution in [0.4, 0.5) is 5.82 Å². The van der Waals surface area contributed by atoms with Gasteiger partial charge in [0.15, 0.2) is 0 Å². The molecule has 0 saturated heterocycles. The maximum atomic E-state index is 12.5. The van der Waals surface area contributed by atoms with Gasteiger partial charge in [0.1, 0.15) is 58.6 Å². The van der Waals surface area contributed by atoms with E-state index in [-0.39, 0.29) is 36.1 Å². The lowest BCUT2D eigenvalue weighted by Crippen LogP contribution is -2.50. The summed E-state index contributed by atoms with van der Waals surface area (Å²) >= 11 is 8.81. The molecule has 47 heavy (non-hydrogen) atoms. The predicted octanol–water partition coefficient (Wildman–Crippen LogP) is 5.55. The van der Waals surface area contributed by atoms with E-state index in [0.29, 0.717) is 32.7 Å². The first-order valence-corrected chi connectivity index (χ1v) is 16.7. The molecule has 5 N–H and O–H groups in total. The van der Waals surface area contributed by atoms with Crippen molar-refractivity contribution in [1.82, 2.24) is 15.3 Å². The first kappa shape index (κ1) is 35.2. The van der Waals surface area contributed by atoms with Crippen molar-refractivity contribution < 1.29 is 19.1 Å². The van der Waals surface area contributed by atoms with E-state index in [0.717, 1.165) is 16.3 Å². The minimum Gasteiger partial charge on any atom is -0.490 e. The number of hydrogen-bond donors (Lipinski definition) is 3. The molecule has 4 aromatic rings. The molecule has 2 heterocycles. The maximum Gasteiger partial charge on any atom is 0.329 e. The molecule has 2 atom stereocenters. The molecule has 0 aliphatic rings. The molecule has 0 fully saturated rings. The number of rotatable bonds is 13. The molecule has 2 aromatic carbocycles. The van der Waals surface area contributed by atoms with E-state index in [1.165, 1.54) is 30.0 Å². The standard InChI is InChI=1S/C33H32ClN7O4S2/c1-18(2)28(40-30(42)19(3)37)33(43)45-13-12-44-24-10-6-20(7-11-24)27-25(14-35)29(38)41-32(26(27)15-36)47-17-23-16-46-31(39-23)21-4-8-22(34)9-5-21/h4-11,16,18-19,28H,12-13,17,37H2,1-3H3,(H2,38,41)(H,40,42)/t19-,28-/m0/s1. The first-order chi connectivity index (χ1) is 22.5. The Balaban J connectivity index is 1.43. The van der Waals surface area contributed by atoms with Crippen molar-refractivity contribution in [3.63, 3.8) is 0 Å². The Morgan fingerprint density at radius 1 is 1.00 bits per heavy atom. The van der Waals surface area contributed by atoms with Gasteiger partial charge in [-0.15, -0.1) is 11.3 Å². The lowest BCUT2D eigenvalue weighted by Gasteiger charge is -2.21. The van der Waals surface area contributed by atoms with Gasteiger partial charge in [-0.3, -0.25) is 4.79 Å². The van der Waals surface area contributed by atoms with Crippen LogP contribution in [0.25, 0.3) is 21.7 Å². The molecule has 0 aliphatic carbocycles. The molecule has 11 nitrogen and oxygen atoms in total. The number of thioether (sulfide) groups is 1. The van der Waals surface area contributed by atoms with Crippen LogP contribution in [0.1, 0.15) is 37.6 Å². The summed E-state index contributed by atoms with van der Waals surface area (Å²) in [5.74, 6) is -0.295. The first-order valence-electron chi connectivity index (χ1n) is 14.4. The zero-order valence-corrected chi connectivity index (χ0v) is 28.2. The van der Waals surface area contributed by atoms with Crippen molar-refractivity contribution in [3.8, 4) is 39.6 Å². The Morgan fingerprint density at radius 3 is 2.28 bits per heavy atom. The van der Waals surface area contributed by atoms with Gasteiger partial charge < -0.3 is 26.3 Å². The second-order valence-electron chi connectivity index (χ2n) is 10.6. The van der Waals surface area contributed by atoms with Crippen LogP contribution in [0.2, 0.25) is 5.02 Å². The average Bonchev–Trinajstić information content (AvgIpc) is 3.53. The highest BCUT2D eigenvalue weighted by Crippen LogP contribution is 2.37. The minimum atomic E-state index is -0.833. The number of pyridine rings is 1. The molecular formula is C33H32ClN7O4S2. The highest BCUT2D eigenvalue weighted by Gasteiger charge is 2.27. The fourth-order valence-corrected chi connectivity index (χ4v) is 6.27. The number of nitrogens with two attached hydrogens (primary N) is 2. The van der Waals surface area contributed by atoms with Gasteiger partial charge in [-0.25, -0.2) is 14.8 Å². The summed E-state index contributed by atoms with van der Waals surface area (Å²) in [6.45, 7) is 5.13. The number of benzene rings is 2. The van der Waals surface area contributed by atoms with Crippen molar-refractivity contribution in [2.75, 3.05) is 18.9 Å². The number of ether oxygens (including phenoxy) is 2. The summed E-state index contributed by atoms with van der Waals surface area (Å²) in [4.78, 5) is 33.5. The van der Waals surface area contributed by atoms with Crippen LogP contribution in [0.3, 0.4) is 0 Å². The number of esters is 1. The van der Waals surface area contributed by atoms with E-state index >= 15 is 0 Å². The predicted molar refractivity (Wildman–Crippen MR) is 183 cm³/mol. The lowest BCUT2D eigenvalue weighted by atomic mass is 9.97. The molecular weight excluding hydrogens is 658 g/mol. The summed E-state index contributed by atoms with van der Waals surface area (Å²) < 4.78 is 11.0. The molecule has 1 amide bonds. The Morgan fingerprint density at radius 2 is 1.66 bits per heavy atom. The molecule has 0 unspecified atom stereocenters. The minimum absolute atomic E-state index is 0.0167. The van der Waals surface area contributed by atoms with Crippen molar-refractivity contribution in [2.45, 2.75) is 43.6 Å². The van der Waals surface area contributed by atoms with E-state index in [4.69, 9.17) is 37.5 Å². The van der Waals surface area contributed by atoms with Crippen LogP contribution in [0.5, 0.6) is 5.75 Å². The van der Waals surface area contributed by atoms with Crippen LogP contribution >= 0.6 is 34.7 Å². The second-order valence-corrected chi connectivity index (χ2v) is 12.9. The topological polar surface area (TPSA) is 190 Å². The zero-order chi connectivity index (χ0) is 34.1. The van der Waals surface area contributed by atoms with Gasteiger partial charge in [0.25, 0.3) is 0 Å². The van der Waals surface area contributed by atoms with E-state index in [1.807, 2.05) is 29.6 Å². The van der Waals surface area contributed by atoms with Gasteiger partial charge in [-0.05, 0) is 42.7 Å². The van der Waals surface area contributed by atoms with Crippen LogP contribution in [-0.2, 0) is 20.1 Å². The van der Waals surface area contributed by atoms with E-state index in [9.17, 15) is 20.1 Å². The monoisotopic (exact) mass is 689 g/mol. The van der Waals surface area contributed by atoms with Crippen LogP contribution in [0, 0.1) is 28.6 Å². The summed E-state index contributed by atoms with van der Waals surface area (Å²) in [7, 11) is 0. The number of nitrogen functional groups attached to an aromatic ring is 1. The van der Waals surface area contributed by atoms with Gasteiger partial charge in [-0.1, -0.05) is 61.5 Å². The number of aromatic nitrogens is 2. The van der Waals surface area contributed by atoms with E-state index in [1.54, 1.807) is 38.1 Å². The number of nitriles is 2. The Bertz CT molecular complexity index is 1810. The van der Waals surface area contributed by atoms with Gasteiger partial charge in [0.05, 0.1) is 17.3 Å². The van der Waals surface area contributed by atoms with E-state index < -0.39 is 24.0 Å². The third-order valence-corrected chi connectivity index (χ3v) is 8.99. The fourth-order valence-electron chi connectivity index (χ4n) is 4.32. The second kappa shape index (κ2) is 16.3. The van der Waals surface area contributed by atoms with Crippen molar-refractivity contribution in [1.29, 1.82) is 10.5 Å². The average molecular weight is 690 g/mol. The third-order valence-electron chi connectivity index (χ3n) is 6.79. The number of carbonyl (C=O) groups is 2. The number of amides is 1. The molecule has 0 radical (unpaired) electrons. The molecule has 0 aliphatic heterocycles. The van der Waals surface area contributed by atoms with Gasteiger partial charge in [0.2, 0.25) is 5.91 Å². The number of nitrogens with one attached hydrogen (secondary N) is 1. The summed E-state index contributed by atoms with van der Waals surface area (Å²) in [6.07, 6.45) is 0. The highest BCUT2D eigenvalue weighted by molar-refractivity contribution is 7.98. The largest absolute Gasteiger partial charge is 0.490 e. The molecule has 242 valence electrons. The summed E-state index contributed by atoms with van der Waals surface area (Å²) in [5, 5.41) is 26.5. The Kier molecular flexibility index (Phi) is 12.2. The number of hydrogen-bond acceptors (Lipinski definition) is 12. The van der Waals surface area contributed by atoms with Gasteiger partial charge >= 0.3 is 5.97 Å². The quantitative estimate of drug-likeness (QED) is 0.0906. The normalized spacial score (nSPS) is 12.1. The number of nitrogens with zero attached hydrogens (tertiary/aromatic N) is 4. The van der Waals surface area contributed by atoms with Gasteiger partial charge in [0, 0.05) is 27.3 Å². The van der Waals surface area contributed by atoms with Crippen LogP contribution in [0.15, 0.2) is 58.9 Å². The lowest BCUT2D eigenvalue weighted by molar-refractivity contribution is -0.150. The maximum absolute atomic E-state index is 12.5. The fraction of sp³-hybridized carbons (Fsp3) is 0.273. The molecule has 4 rings (SSSR count). The van der Waals surface area contributed by atoms with Crippen molar-refractivity contribution in [3.05, 3.63) is 75.8 Å². The molecule has 0 spiro atoms. The third kappa shape index (κ3) is 8.99. The number of anilines is 1. The van der Waals surface area contributed by atoms with Crippen molar-refractivity contribution >= 4 is 52.4 Å². The smallest absolute Gasteiger partial charge is 0.329 e. The molecule has 0 bridgehead atoms. The van der Waals surface area contributed by atoms with Crippen LogP contribution < -0.4 is 21.5 Å². The highest BCUT2D eigenvalue weighted by atomic mass is 35.5. The van der Waals surface area contributed by atoms with E-state index in [2.05, 4.69) is 22.4 Å². The van der Waals surface area contributed by atoms with Crippen molar-refractivity contribution in [2.24, 2.45) is 11.7 Å².